The van der Waals surface area contributed by atoms with Crippen LogP contribution in [-0.2, 0) is 6.42 Å². The highest BCUT2D eigenvalue weighted by atomic mass is 15.0. The molecule has 70 valence electrons. The maximum Gasteiger partial charge on any atom is 0.198 e. The van der Waals surface area contributed by atoms with Gasteiger partial charge in [0.05, 0.1) is 23.7 Å². The van der Waals surface area contributed by atoms with Crippen LogP contribution in [0.2, 0.25) is 0 Å². The number of aromatic amines is 1. The third-order valence-corrected chi connectivity index (χ3v) is 2.07. The van der Waals surface area contributed by atoms with Gasteiger partial charge in [0.1, 0.15) is 5.52 Å². The van der Waals surface area contributed by atoms with Gasteiger partial charge < -0.3 is 16.5 Å². The lowest BCUT2D eigenvalue weighted by Gasteiger charge is -2.00. The molecule has 0 unspecified atom stereocenters. The van der Waals surface area contributed by atoms with E-state index in [1.807, 2.05) is 12.1 Å². The van der Waals surface area contributed by atoms with Crippen molar-refractivity contribution in [2.24, 2.45) is 0 Å². The third kappa shape index (κ3) is 1.13. The van der Waals surface area contributed by atoms with E-state index in [-0.39, 0.29) is 6.42 Å². The zero-order chi connectivity index (χ0) is 10.1. The number of nitrogen functional groups attached to an aromatic ring is 2. The van der Waals surface area contributed by atoms with Gasteiger partial charge in [-0.05, 0) is 11.6 Å². The summed E-state index contributed by atoms with van der Waals surface area (Å²) in [4.78, 5) is 6.92. The minimum absolute atomic E-state index is 0.286. The molecular weight excluding hydrogens is 178 g/mol. The fourth-order valence-electron chi connectivity index (χ4n) is 1.40. The molecular formula is C9H9N5. The van der Waals surface area contributed by atoms with Crippen molar-refractivity contribution in [2.45, 2.75) is 6.42 Å². The molecule has 1 aromatic carbocycles. The topological polar surface area (TPSA) is 105 Å². The number of imidazole rings is 1. The molecule has 1 heterocycles. The van der Waals surface area contributed by atoms with Crippen LogP contribution in [0.25, 0.3) is 11.0 Å². The summed E-state index contributed by atoms with van der Waals surface area (Å²) in [5, 5.41) is 8.56. The number of rotatable bonds is 1. The van der Waals surface area contributed by atoms with E-state index in [0.717, 1.165) is 11.1 Å². The van der Waals surface area contributed by atoms with Crippen LogP contribution in [0.5, 0.6) is 0 Å². The molecule has 2 aromatic rings. The quantitative estimate of drug-likeness (QED) is 0.574. The van der Waals surface area contributed by atoms with Gasteiger partial charge >= 0.3 is 0 Å². The molecule has 0 spiro atoms. The fourth-order valence-corrected chi connectivity index (χ4v) is 1.40. The van der Waals surface area contributed by atoms with Crippen molar-refractivity contribution in [1.82, 2.24) is 9.97 Å². The van der Waals surface area contributed by atoms with Crippen LogP contribution in [0.3, 0.4) is 0 Å². The summed E-state index contributed by atoms with van der Waals surface area (Å²) in [7, 11) is 0. The third-order valence-electron chi connectivity index (χ3n) is 2.07. The first-order valence-electron chi connectivity index (χ1n) is 4.12. The SMILES string of the molecule is N#CCc1ccc2[nH]c(N)nc2c1N. The van der Waals surface area contributed by atoms with Crippen LogP contribution in [0.15, 0.2) is 12.1 Å². The Kier molecular flexibility index (Phi) is 1.75. The van der Waals surface area contributed by atoms with E-state index in [0.29, 0.717) is 17.2 Å². The monoisotopic (exact) mass is 187 g/mol. The predicted molar refractivity (Wildman–Crippen MR) is 54.2 cm³/mol. The normalized spacial score (nSPS) is 10.2. The predicted octanol–water partition coefficient (Wildman–Crippen LogP) is 0.793. The highest BCUT2D eigenvalue weighted by Gasteiger charge is 2.07. The Bertz CT molecular complexity index is 520. The summed E-state index contributed by atoms with van der Waals surface area (Å²) in [6.45, 7) is 0. The number of nitrogens with zero attached hydrogens (tertiary/aromatic N) is 2. The summed E-state index contributed by atoms with van der Waals surface area (Å²) in [6, 6.07) is 5.67. The molecule has 5 heteroatoms. The van der Waals surface area contributed by atoms with E-state index in [2.05, 4.69) is 9.97 Å². The number of aromatic nitrogens is 2. The standard InChI is InChI=1S/C9H9N5/c10-4-3-5-1-2-6-8(7(5)11)14-9(12)13-6/h1-2H,3,11H2,(H3,12,13,14). The number of anilines is 2. The van der Waals surface area contributed by atoms with Gasteiger partial charge in [-0.15, -0.1) is 0 Å². The second-order valence-electron chi connectivity index (χ2n) is 2.99. The highest BCUT2D eigenvalue weighted by Crippen LogP contribution is 2.23. The summed E-state index contributed by atoms with van der Waals surface area (Å²) < 4.78 is 0. The number of H-pyrrole nitrogens is 1. The van der Waals surface area contributed by atoms with E-state index < -0.39 is 0 Å². The summed E-state index contributed by atoms with van der Waals surface area (Å²) in [6.07, 6.45) is 0.286. The molecule has 0 atom stereocenters. The fraction of sp³-hybridized carbons (Fsp3) is 0.111. The Morgan fingerprint density at radius 3 is 2.93 bits per heavy atom. The number of fused-ring (bicyclic) bond motifs is 1. The Balaban J connectivity index is 2.69. The molecule has 0 fully saturated rings. The van der Waals surface area contributed by atoms with Gasteiger partial charge in [-0.2, -0.15) is 5.26 Å². The Morgan fingerprint density at radius 2 is 2.21 bits per heavy atom. The minimum atomic E-state index is 0.286. The average Bonchev–Trinajstić information content (AvgIpc) is 2.52. The smallest absolute Gasteiger partial charge is 0.198 e. The van der Waals surface area contributed by atoms with E-state index >= 15 is 0 Å². The van der Waals surface area contributed by atoms with E-state index in [4.69, 9.17) is 16.7 Å². The van der Waals surface area contributed by atoms with Crippen molar-refractivity contribution in [3.63, 3.8) is 0 Å². The van der Waals surface area contributed by atoms with Crippen molar-refractivity contribution < 1.29 is 0 Å². The number of nitriles is 1. The van der Waals surface area contributed by atoms with Crippen LogP contribution in [0.4, 0.5) is 11.6 Å². The molecule has 5 nitrogen and oxygen atoms in total. The second kappa shape index (κ2) is 2.92. The first kappa shape index (κ1) is 8.38. The van der Waals surface area contributed by atoms with E-state index in [1.165, 1.54) is 0 Å². The Hall–Kier alpha value is -2.22. The average molecular weight is 187 g/mol. The second-order valence-corrected chi connectivity index (χ2v) is 2.99. The van der Waals surface area contributed by atoms with Gasteiger partial charge in [0.25, 0.3) is 0 Å². The highest BCUT2D eigenvalue weighted by molar-refractivity contribution is 5.90. The number of benzene rings is 1. The van der Waals surface area contributed by atoms with Gasteiger partial charge in [0, 0.05) is 0 Å². The van der Waals surface area contributed by atoms with E-state index in [9.17, 15) is 0 Å². The summed E-state index contributed by atoms with van der Waals surface area (Å²) in [5.41, 5.74) is 14.1. The largest absolute Gasteiger partial charge is 0.397 e. The van der Waals surface area contributed by atoms with Crippen LogP contribution < -0.4 is 11.5 Å². The summed E-state index contributed by atoms with van der Waals surface area (Å²) in [5.74, 6) is 0.334. The van der Waals surface area contributed by atoms with Crippen LogP contribution in [0.1, 0.15) is 5.56 Å². The molecule has 0 saturated heterocycles. The summed E-state index contributed by atoms with van der Waals surface area (Å²) >= 11 is 0. The van der Waals surface area contributed by atoms with Crippen LogP contribution in [-0.4, -0.2) is 9.97 Å². The van der Waals surface area contributed by atoms with Crippen molar-refractivity contribution in [3.8, 4) is 6.07 Å². The van der Waals surface area contributed by atoms with Crippen LogP contribution >= 0.6 is 0 Å². The van der Waals surface area contributed by atoms with Crippen LogP contribution in [0, 0.1) is 11.3 Å². The molecule has 5 N–H and O–H groups in total. The molecule has 0 aliphatic carbocycles. The molecule has 0 radical (unpaired) electrons. The zero-order valence-electron chi connectivity index (χ0n) is 7.41. The number of hydrogen-bond acceptors (Lipinski definition) is 4. The van der Waals surface area contributed by atoms with Gasteiger partial charge in [0.15, 0.2) is 5.95 Å². The Labute approximate surface area is 80.3 Å². The molecule has 0 saturated carbocycles. The maximum atomic E-state index is 8.56. The zero-order valence-corrected chi connectivity index (χ0v) is 7.41. The molecule has 14 heavy (non-hydrogen) atoms. The molecule has 0 aliphatic rings. The van der Waals surface area contributed by atoms with Gasteiger partial charge in [-0.25, -0.2) is 4.98 Å². The lowest BCUT2D eigenvalue weighted by atomic mass is 10.1. The lowest BCUT2D eigenvalue weighted by Crippen LogP contribution is -1.94. The maximum absolute atomic E-state index is 8.56. The van der Waals surface area contributed by atoms with E-state index in [1.54, 1.807) is 6.07 Å². The van der Waals surface area contributed by atoms with Crippen molar-refractivity contribution in [2.75, 3.05) is 11.5 Å². The molecule has 0 amide bonds. The van der Waals surface area contributed by atoms with Gasteiger partial charge in [-0.1, -0.05) is 6.07 Å². The first-order valence-corrected chi connectivity index (χ1v) is 4.12. The molecule has 2 rings (SSSR count). The molecule has 1 aromatic heterocycles. The number of nitrogens with one attached hydrogen (secondary N) is 1. The molecule has 0 bridgehead atoms. The number of hydrogen-bond donors (Lipinski definition) is 3. The Morgan fingerprint density at radius 1 is 1.43 bits per heavy atom. The number of nitrogens with two attached hydrogens (primary N) is 2. The van der Waals surface area contributed by atoms with Crippen molar-refractivity contribution in [1.29, 1.82) is 5.26 Å². The van der Waals surface area contributed by atoms with Gasteiger partial charge in [-0.3, -0.25) is 0 Å². The lowest BCUT2D eigenvalue weighted by molar-refractivity contribution is 1.27. The first-order chi connectivity index (χ1) is 6.72. The minimum Gasteiger partial charge on any atom is -0.397 e. The van der Waals surface area contributed by atoms with Crippen molar-refractivity contribution in [3.05, 3.63) is 17.7 Å². The van der Waals surface area contributed by atoms with Crippen molar-refractivity contribution >= 4 is 22.7 Å². The van der Waals surface area contributed by atoms with Gasteiger partial charge in [0.2, 0.25) is 0 Å². The molecule has 0 aliphatic heterocycles.